The molecule has 1 aromatic heterocycles. The number of carbonyl (C=O) groups is 1. The monoisotopic (exact) mass is 761 g/mol. The number of anilines is 1. The van der Waals surface area contributed by atoms with Crippen LogP contribution in [0.2, 0.25) is 0 Å². The van der Waals surface area contributed by atoms with E-state index in [1.807, 2.05) is 48.5 Å². The van der Waals surface area contributed by atoms with Gasteiger partial charge in [-0.25, -0.2) is 9.38 Å². The summed E-state index contributed by atoms with van der Waals surface area (Å²) < 4.78 is 34.0. The van der Waals surface area contributed by atoms with Crippen LogP contribution in [0.15, 0.2) is 112 Å². The first-order valence-electron chi connectivity index (χ1n) is 14.5. The number of para-hydroxylation sites is 1. The molecule has 0 saturated heterocycles. The standard InChI is InChI=1S/C36H29FIN3O5S/c1-21-31(34(42)40-25-12-5-4-6-13-25)32(23-11-9-14-26(19-23)44-2)41-35(43)30(47-36(41)39-21)18-22-16-28(38)33(29(17-22)45-3)46-20-24-10-7-8-15-27(24)37/h4-19,32H,20H2,1-3H3,(H,40,42)/b30-18-/t32-/m0/s1. The number of benzene rings is 4. The molecule has 8 nitrogen and oxygen atoms in total. The Labute approximate surface area is 287 Å². The summed E-state index contributed by atoms with van der Waals surface area (Å²) in [6.07, 6.45) is 1.76. The number of aromatic nitrogens is 1. The smallest absolute Gasteiger partial charge is 0.271 e. The van der Waals surface area contributed by atoms with Crippen LogP contribution in [0.4, 0.5) is 10.1 Å². The van der Waals surface area contributed by atoms with Crippen molar-refractivity contribution in [3.05, 3.63) is 148 Å². The van der Waals surface area contributed by atoms with Gasteiger partial charge in [-0.2, -0.15) is 0 Å². The van der Waals surface area contributed by atoms with Crippen molar-refractivity contribution < 1.29 is 23.4 Å². The average Bonchev–Trinajstić information content (AvgIpc) is 3.37. The van der Waals surface area contributed by atoms with E-state index in [4.69, 9.17) is 19.2 Å². The molecular weight excluding hydrogens is 732 g/mol. The largest absolute Gasteiger partial charge is 0.497 e. The van der Waals surface area contributed by atoms with Crippen LogP contribution in [0.25, 0.3) is 6.08 Å². The van der Waals surface area contributed by atoms with Crippen molar-refractivity contribution in [1.29, 1.82) is 0 Å². The molecule has 0 spiro atoms. The maximum atomic E-state index is 14.2. The van der Waals surface area contributed by atoms with E-state index in [1.165, 1.54) is 24.5 Å². The van der Waals surface area contributed by atoms with Gasteiger partial charge in [-0.3, -0.25) is 14.2 Å². The van der Waals surface area contributed by atoms with Crippen LogP contribution in [-0.2, 0) is 11.4 Å². The number of methoxy groups -OCH3 is 2. The molecule has 0 bridgehead atoms. The zero-order valence-corrected chi connectivity index (χ0v) is 28.6. The van der Waals surface area contributed by atoms with Gasteiger partial charge in [0.15, 0.2) is 16.3 Å². The molecule has 4 aromatic carbocycles. The molecule has 1 aliphatic heterocycles. The number of ether oxygens (including phenoxy) is 3. The van der Waals surface area contributed by atoms with Gasteiger partial charge in [0.1, 0.15) is 18.2 Å². The first-order chi connectivity index (χ1) is 22.8. The van der Waals surface area contributed by atoms with Crippen LogP contribution in [-0.4, -0.2) is 24.7 Å². The fourth-order valence-corrected chi connectivity index (χ4v) is 7.17. The zero-order chi connectivity index (χ0) is 33.1. The molecule has 0 unspecified atom stereocenters. The van der Waals surface area contributed by atoms with Gasteiger partial charge < -0.3 is 19.5 Å². The van der Waals surface area contributed by atoms with E-state index in [9.17, 15) is 14.0 Å². The lowest BCUT2D eigenvalue weighted by Gasteiger charge is -2.25. The van der Waals surface area contributed by atoms with E-state index < -0.39 is 6.04 Å². The van der Waals surface area contributed by atoms with E-state index in [0.717, 1.165) is 3.57 Å². The number of allylic oxidation sites excluding steroid dienone is 1. The van der Waals surface area contributed by atoms with Crippen molar-refractivity contribution in [3.8, 4) is 17.2 Å². The number of carbonyl (C=O) groups excluding carboxylic acids is 1. The molecule has 0 aliphatic carbocycles. The minimum atomic E-state index is -0.754. The molecule has 0 fully saturated rings. The lowest BCUT2D eigenvalue weighted by atomic mass is 9.95. The van der Waals surface area contributed by atoms with Gasteiger partial charge >= 0.3 is 0 Å². The molecule has 1 aliphatic rings. The summed E-state index contributed by atoms with van der Waals surface area (Å²) in [7, 11) is 3.10. The first kappa shape index (κ1) is 32.2. The number of amides is 1. The van der Waals surface area contributed by atoms with Gasteiger partial charge in [-0.05, 0) is 89.2 Å². The third-order valence-corrected chi connectivity index (χ3v) is 9.37. The summed E-state index contributed by atoms with van der Waals surface area (Å²) in [6, 6.07) is 25.8. The van der Waals surface area contributed by atoms with E-state index in [0.29, 0.717) is 60.2 Å². The zero-order valence-electron chi connectivity index (χ0n) is 25.6. The summed E-state index contributed by atoms with van der Waals surface area (Å²) in [4.78, 5) is 33.2. The maximum absolute atomic E-state index is 14.2. The molecule has 1 N–H and O–H groups in total. The second-order valence-electron chi connectivity index (χ2n) is 10.6. The highest BCUT2D eigenvalue weighted by Gasteiger charge is 2.33. The Hall–Kier alpha value is -4.75. The van der Waals surface area contributed by atoms with Gasteiger partial charge in [-0.1, -0.05) is 59.9 Å². The highest BCUT2D eigenvalue weighted by molar-refractivity contribution is 14.1. The molecule has 11 heteroatoms. The van der Waals surface area contributed by atoms with Crippen LogP contribution in [0.5, 0.6) is 17.2 Å². The van der Waals surface area contributed by atoms with Crippen LogP contribution in [0, 0.1) is 9.39 Å². The number of nitrogens with one attached hydrogen (secondary N) is 1. The lowest BCUT2D eigenvalue weighted by Crippen LogP contribution is -2.40. The first-order valence-corrected chi connectivity index (χ1v) is 16.4. The van der Waals surface area contributed by atoms with Gasteiger partial charge in [-0.15, -0.1) is 0 Å². The second kappa shape index (κ2) is 13.9. The van der Waals surface area contributed by atoms with Crippen molar-refractivity contribution in [3.63, 3.8) is 0 Å². The Balaban J connectivity index is 1.42. The third kappa shape index (κ3) is 6.72. The SMILES string of the molecule is COc1cccc([C@H]2C(C(=O)Nc3ccccc3)=C(C)N=c3s/c(=C\c4cc(I)c(OCc5ccccc5F)c(OC)c4)c(=O)n32)c1. The quantitative estimate of drug-likeness (QED) is 0.181. The lowest BCUT2D eigenvalue weighted by molar-refractivity contribution is -0.113. The Kier molecular flexibility index (Phi) is 9.55. The molecule has 6 rings (SSSR count). The van der Waals surface area contributed by atoms with Crippen molar-refractivity contribution in [1.82, 2.24) is 4.57 Å². The number of halogens is 2. The molecule has 0 saturated carbocycles. The fraction of sp³-hybridized carbons (Fsp3) is 0.139. The Bertz CT molecular complexity index is 2200. The number of nitrogens with zero attached hydrogens (tertiary/aromatic N) is 2. The van der Waals surface area contributed by atoms with Crippen LogP contribution < -0.4 is 34.4 Å². The predicted molar refractivity (Wildman–Crippen MR) is 188 cm³/mol. The number of hydrogen-bond acceptors (Lipinski definition) is 7. The summed E-state index contributed by atoms with van der Waals surface area (Å²) in [5.41, 5.74) is 3.02. The minimum Gasteiger partial charge on any atom is -0.497 e. The molecule has 1 amide bonds. The third-order valence-electron chi connectivity index (χ3n) is 7.59. The molecule has 0 radical (unpaired) electrons. The molecule has 5 aromatic rings. The van der Waals surface area contributed by atoms with Crippen LogP contribution in [0.1, 0.15) is 29.7 Å². The van der Waals surface area contributed by atoms with Gasteiger partial charge in [0.2, 0.25) is 0 Å². The Morgan fingerprint density at radius 3 is 2.53 bits per heavy atom. The summed E-state index contributed by atoms with van der Waals surface area (Å²) >= 11 is 3.37. The average molecular weight is 762 g/mol. The van der Waals surface area contributed by atoms with E-state index >= 15 is 0 Å². The van der Waals surface area contributed by atoms with Crippen molar-refractivity contribution in [2.24, 2.45) is 4.99 Å². The number of thiazole rings is 1. The Morgan fingerprint density at radius 1 is 1.02 bits per heavy atom. The topological polar surface area (TPSA) is 91.2 Å². The summed E-state index contributed by atoms with van der Waals surface area (Å²) in [5.74, 6) is 0.803. The van der Waals surface area contributed by atoms with Gasteiger partial charge in [0, 0.05) is 11.3 Å². The highest BCUT2D eigenvalue weighted by atomic mass is 127. The fourth-order valence-electron chi connectivity index (χ4n) is 5.34. The molecule has 47 heavy (non-hydrogen) atoms. The van der Waals surface area contributed by atoms with Gasteiger partial charge in [0.25, 0.3) is 11.5 Å². The number of rotatable bonds is 9. The van der Waals surface area contributed by atoms with Crippen molar-refractivity contribution in [2.45, 2.75) is 19.6 Å². The second-order valence-corrected chi connectivity index (χ2v) is 12.8. The molecule has 238 valence electrons. The van der Waals surface area contributed by atoms with Crippen LogP contribution >= 0.6 is 33.9 Å². The van der Waals surface area contributed by atoms with Crippen molar-refractivity contribution in [2.75, 3.05) is 19.5 Å². The maximum Gasteiger partial charge on any atom is 0.271 e. The molecule has 2 heterocycles. The molecular formula is C36H29FIN3O5S. The predicted octanol–water partition coefficient (Wildman–Crippen LogP) is 6.21. The number of hydrogen-bond donors (Lipinski definition) is 1. The van der Waals surface area contributed by atoms with E-state index in [2.05, 4.69) is 27.9 Å². The van der Waals surface area contributed by atoms with Gasteiger partial charge in [0.05, 0.1) is 39.6 Å². The van der Waals surface area contributed by atoms with Crippen molar-refractivity contribution >= 4 is 51.6 Å². The van der Waals surface area contributed by atoms with Crippen LogP contribution in [0.3, 0.4) is 0 Å². The minimum absolute atomic E-state index is 0.0286. The summed E-state index contributed by atoms with van der Waals surface area (Å²) in [5, 5.41) is 2.96. The van der Waals surface area contributed by atoms with E-state index in [1.54, 1.807) is 61.1 Å². The van der Waals surface area contributed by atoms with E-state index in [-0.39, 0.29) is 23.9 Å². The number of fused-ring (bicyclic) bond motifs is 1. The summed E-state index contributed by atoms with van der Waals surface area (Å²) in [6.45, 7) is 1.80. The highest BCUT2D eigenvalue weighted by Crippen LogP contribution is 2.35. The normalized spacial score (nSPS) is 14.3. The molecule has 1 atom stereocenters. The Morgan fingerprint density at radius 2 is 1.79 bits per heavy atom.